The lowest BCUT2D eigenvalue weighted by molar-refractivity contribution is -0.148. The number of hydrogen-bond acceptors (Lipinski definition) is 4. The summed E-state index contributed by atoms with van der Waals surface area (Å²) in [6.45, 7) is 4.28. The van der Waals surface area contributed by atoms with E-state index in [0.29, 0.717) is 12.2 Å². The monoisotopic (exact) mass is 366 g/mol. The Bertz CT molecular complexity index is 594. The first-order valence-electron chi connectivity index (χ1n) is 9.72. The van der Waals surface area contributed by atoms with Crippen molar-refractivity contribution in [2.45, 2.75) is 58.8 Å². The molecule has 1 saturated carbocycles. The van der Waals surface area contributed by atoms with Crippen molar-refractivity contribution in [3.05, 3.63) is 23.5 Å². The number of esters is 1. The molecule has 4 nitrogen and oxygen atoms in total. The molecule has 2 rings (SSSR count). The van der Waals surface area contributed by atoms with Crippen LogP contribution >= 0.6 is 0 Å². The lowest BCUT2D eigenvalue weighted by Gasteiger charge is -2.32. The molecule has 1 aliphatic carbocycles. The van der Waals surface area contributed by atoms with Crippen molar-refractivity contribution >= 4 is 5.97 Å². The third-order valence-corrected chi connectivity index (χ3v) is 5.57. The van der Waals surface area contributed by atoms with Crippen LogP contribution in [-0.4, -0.2) is 24.8 Å². The van der Waals surface area contributed by atoms with E-state index < -0.39 is 11.6 Å². The van der Waals surface area contributed by atoms with Crippen molar-refractivity contribution in [2.75, 3.05) is 13.7 Å². The van der Waals surface area contributed by atoms with Gasteiger partial charge in [-0.3, -0.25) is 4.79 Å². The Morgan fingerprint density at radius 1 is 1.27 bits per heavy atom. The number of phenols is 1. The van der Waals surface area contributed by atoms with E-state index in [-0.39, 0.29) is 30.0 Å². The van der Waals surface area contributed by atoms with Gasteiger partial charge < -0.3 is 14.6 Å². The lowest BCUT2D eigenvalue weighted by Crippen LogP contribution is -2.30. The zero-order valence-electron chi connectivity index (χ0n) is 16.1. The second-order valence-corrected chi connectivity index (χ2v) is 7.22. The highest BCUT2D eigenvalue weighted by Gasteiger charge is 2.33. The molecule has 5 heteroatoms. The van der Waals surface area contributed by atoms with Crippen LogP contribution in [-0.2, 0) is 16.0 Å². The summed E-state index contributed by atoms with van der Waals surface area (Å²) in [7, 11) is 1.39. The van der Waals surface area contributed by atoms with Gasteiger partial charge in [0.15, 0.2) is 11.5 Å². The maximum Gasteiger partial charge on any atom is 0.309 e. The summed E-state index contributed by atoms with van der Waals surface area (Å²) in [5, 5.41) is 10.2. The first-order chi connectivity index (χ1) is 12.5. The van der Waals surface area contributed by atoms with Gasteiger partial charge in [0, 0.05) is 0 Å². The molecule has 1 atom stereocenters. The quantitative estimate of drug-likeness (QED) is 0.667. The van der Waals surface area contributed by atoms with Gasteiger partial charge in [0.25, 0.3) is 0 Å². The first kappa shape index (κ1) is 20.5. The van der Waals surface area contributed by atoms with Crippen molar-refractivity contribution in [1.82, 2.24) is 0 Å². The topological polar surface area (TPSA) is 55.8 Å². The molecule has 0 aliphatic heterocycles. The Morgan fingerprint density at radius 2 is 1.96 bits per heavy atom. The smallest absolute Gasteiger partial charge is 0.309 e. The van der Waals surface area contributed by atoms with Crippen LogP contribution in [0.1, 0.15) is 57.9 Å². The number of benzene rings is 1. The minimum Gasteiger partial charge on any atom is -0.505 e. The fourth-order valence-corrected chi connectivity index (χ4v) is 4.14. The van der Waals surface area contributed by atoms with E-state index in [1.165, 1.54) is 26.0 Å². The van der Waals surface area contributed by atoms with Crippen molar-refractivity contribution in [1.29, 1.82) is 0 Å². The Labute approximate surface area is 155 Å². The van der Waals surface area contributed by atoms with E-state index in [0.717, 1.165) is 31.6 Å². The summed E-state index contributed by atoms with van der Waals surface area (Å²) in [5.41, 5.74) is 0.428. The number of ether oxygens (including phenoxy) is 2. The summed E-state index contributed by atoms with van der Waals surface area (Å²) in [6.07, 6.45) is 6.90. The summed E-state index contributed by atoms with van der Waals surface area (Å²) in [4.78, 5) is 12.4. The van der Waals surface area contributed by atoms with E-state index in [4.69, 9.17) is 9.47 Å². The molecule has 0 radical (unpaired) electrons. The van der Waals surface area contributed by atoms with Gasteiger partial charge in [-0.2, -0.15) is 4.39 Å². The number of methoxy groups -OCH3 is 1. The molecular formula is C21H31FO4. The van der Waals surface area contributed by atoms with Crippen LogP contribution in [0, 0.1) is 23.6 Å². The molecule has 1 aromatic carbocycles. The number of hydrogen-bond donors (Lipinski definition) is 1. The molecular weight excluding hydrogens is 335 g/mol. The third-order valence-electron chi connectivity index (χ3n) is 5.57. The molecule has 0 bridgehead atoms. The molecule has 0 amide bonds. The predicted molar refractivity (Wildman–Crippen MR) is 98.8 cm³/mol. The summed E-state index contributed by atoms with van der Waals surface area (Å²) in [6, 6.07) is 3.16. The fourth-order valence-electron chi connectivity index (χ4n) is 4.14. The summed E-state index contributed by atoms with van der Waals surface area (Å²) >= 11 is 0. The van der Waals surface area contributed by atoms with Crippen LogP contribution in [0.5, 0.6) is 11.5 Å². The SMILES string of the molecule is CCC[C@H]1CC[C@H](C(Cc2ccc(OCC)c(F)c2O)C(=O)OC)CC1. The van der Waals surface area contributed by atoms with E-state index in [2.05, 4.69) is 6.92 Å². The number of halogens is 1. The van der Waals surface area contributed by atoms with Crippen molar-refractivity contribution < 1.29 is 23.8 Å². The number of rotatable bonds is 8. The van der Waals surface area contributed by atoms with Gasteiger partial charge in [-0.25, -0.2) is 0 Å². The Morgan fingerprint density at radius 3 is 2.54 bits per heavy atom. The zero-order valence-corrected chi connectivity index (χ0v) is 16.1. The summed E-state index contributed by atoms with van der Waals surface area (Å²) in [5.74, 6) is -0.841. The van der Waals surface area contributed by atoms with Crippen LogP contribution in [0.4, 0.5) is 4.39 Å². The molecule has 1 N–H and O–H groups in total. The van der Waals surface area contributed by atoms with Gasteiger partial charge in [0.1, 0.15) is 0 Å². The van der Waals surface area contributed by atoms with Crippen LogP contribution in [0.15, 0.2) is 12.1 Å². The highest BCUT2D eigenvalue weighted by Crippen LogP contribution is 2.39. The Kier molecular flexibility index (Phi) is 7.73. The number of aromatic hydroxyl groups is 1. The minimum absolute atomic E-state index is 0.0310. The standard InChI is InChI=1S/C21H31FO4/c1-4-6-14-7-9-15(10-8-14)17(21(24)25-3)13-16-11-12-18(26-5-2)19(22)20(16)23/h11-12,14-15,17,23H,4-10,13H2,1-3H3/t14-,15-,17?. The van der Waals surface area contributed by atoms with Crippen molar-refractivity contribution in [2.24, 2.45) is 17.8 Å². The molecule has 146 valence electrons. The van der Waals surface area contributed by atoms with E-state index in [9.17, 15) is 14.3 Å². The molecule has 1 fully saturated rings. The number of carbonyl (C=O) groups excluding carboxylic acids is 1. The fraction of sp³-hybridized carbons (Fsp3) is 0.667. The molecule has 0 spiro atoms. The van der Waals surface area contributed by atoms with Crippen molar-refractivity contribution in [3.8, 4) is 11.5 Å². The highest BCUT2D eigenvalue weighted by molar-refractivity contribution is 5.73. The molecule has 1 unspecified atom stereocenters. The molecule has 26 heavy (non-hydrogen) atoms. The predicted octanol–water partition coefficient (Wildman–Crippen LogP) is 4.87. The van der Waals surface area contributed by atoms with Gasteiger partial charge in [0.2, 0.25) is 5.82 Å². The number of carbonyl (C=O) groups is 1. The molecule has 0 saturated heterocycles. The average Bonchev–Trinajstić information content (AvgIpc) is 2.65. The normalized spacial score (nSPS) is 21.2. The zero-order chi connectivity index (χ0) is 19.1. The Balaban J connectivity index is 2.14. The minimum atomic E-state index is -0.764. The van der Waals surface area contributed by atoms with Crippen molar-refractivity contribution in [3.63, 3.8) is 0 Å². The van der Waals surface area contributed by atoms with E-state index in [1.54, 1.807) is 13.0 Å². The van der Waals surface area contributed by atoms with Crippen LogP contribution in [0.25, 0.3) is 0 Å². The molecule has 1 aromatic rings. The molecule has 0 heterocycles. The van der Waals surface area contributed by atoms with Gasteiger partial charge in [-0.1, -0.05) is 38.7 Å². The third kappa shape index (κ3) is 4.89. The van der Waals surface area contributed by atoms with Gasteiger partial charge >= 0.3 is 5.97 Å². The van der Waals surface area contributed by atoms with Crippen LogP contribution in [0.2, 0.25) is 0 Å². The lowest BCUT2D eigenvalue weighted by atomic mass is 9.73. The van der Waals surface area contributed by atoms with Crippen LogP contribution in [0.3, 0.4) is 0 Å². The van der Waals surface area contributed by atoms with E-state index >= 15 is 0 Å². The van der Waals surface area contributed by atoms with Crippen LogP contribution < -0.4 is 4.74 Å². The first-order valence-corrected chi connectivity index (χ1v) is 9.72. The highest BCUT2D eigenvalue weighted by atomic mass is 19.1. The molecule has 0 aromatic heterocycles. The average molecular weight is 366 g/mol. The number of phenolic OH excluding ortho intramolecular Hbond substituents is 1. The van der Waals surface area contributed by atoms with Gasteiger partial charge in [-0.15, -0.1) is 0 Å². The Hall–Kier alpha value is -1.78. The second-order valence-electron chi connectivity index (χ2n) is 7.22. The van der Waals surface area contributed by atoms with E-state index in [1.807, 2.05) is 0 Å². The largest absolute Gasteiger partial charge is 0.505 e. The molecule has 1 aliphatic rings. The maximum atomic E-state index is 14.3. The summed E-state index contributed by atoms with van der Waals surface area (Å²) < 4.78 is 24.4. The van der Waals surface area contributed by atoms with Gasteiger partial charge in [-0.05, 0) is 49.7 Å². The van der Waals surface area contributed by atoms with Gasteiger partial charge in [0.05, 0.1) is 19.6 Å². The second kappa shape index (κ2) is 9.79. The maximum absolute atomic E-state index is 14.3.